The SMILES string of the molecule is Cc1ccc(F)cc1Nc1ccnc(Cl)c1. The summed E-state index contributed by atoms with van der Waals surface area (Å²) in [7, 11) is 0. The number of anilines is 2. The van der Waals surface area contributed by atoms with Crippen LogP contribution in [0, 0.1) is 12.7 Å². The Morgan fingerprint density at radius 2 is 2.06 bits per heavy atom. The molecule has 0 bridgehead atoms. The lowest BCUT2D eigenvalue weighted by Gasteiger charge is -2.09. The molecular weight excluding hydrogens is 227 g/mol. The van der Waals surface area contributed by atoms with Crippen LogP contribution in [-0.2, 0) is 0 Å². The molecule has 0 saturated carbocycles. The second kappa shape index (κ2) is 4.49. The highest BCUT2D eigenvalue weighted by Crippen LogP contribution is 2.22. The normalized spacial score (nSPS) is 10.2. The van der Waals surface area contributed by atoms with E-state index < -0.39 is 0 Å². The van der Waals surface area contributed by atoms with Crippen LogP contribution < -0.4 is 5.32 Å². The van der Waals surface area contributed by atoms with Crippen LogP contribution in [0.25, 0.3) is 0 Å². The summed E-state index contributed by atoms with van der Waals surface area (Å²) >= 11 is 5.76. The number of nitrogens with one attached hydrogen (secondary N) is 1. The summed E-state index contributed by atoms with van der Waals surface area (Å²) in [5.41, 5.74) is 2.48. The predicted octanol–water partition coefficient (Wildman–Crippen LogP) is 3.93. The largest absolute Gasteiger partial charge is 0.355 e. The molecule has 0 radical (unpaired) electrons. The number of hydrogen-bond acceptors (Lipinski definition) is 2. The smallest absolute Gasteiger partial charge is 0.131 e. The Kier molecular flexibility index (Phi) is 3.06. The number of pyridine rings is 1. The number of nitrogens with zero attached hydrogens (tertiary/aromatic N) is 1. The maximum absolute atomic E-state index is 13.1. The monoisotopic (exact) mass is 236 g/mol. The number of halogens is 2. The van der Waals surface area contributed by atoms with Crippen LogP contribution in [0.5, 0.6) is 0 Å². The van der Waals surface area contributed by atoms with Crippen molar-refractivity contribution >= 4 is 23.0 Å². The molecule has 0 spiro atoms. The van der Waals surface area contributed by atoms with Crippen LogP contribution in [0.4, 0.5) is 15.8 Å². The first-order valence-electron chi connectivity index (χ1n) is 4.80. The molecule has 0 aliphatic carbocycles. The zero-order valence-electron chi connectivity index (χ0n) is 8.67. The van der Waals surface area contributed by atoms with Gasteiger partial charge in [0.15, 0.2) is 0 Å². The molecule has 4 heteroatoms. The highest BCUT2D eigenvalue weighted by molar-refractivity contribution is 6.29. The average Bonchev–Trinajstić information content (AvgIpc) is 2.24. The van der Waals surface area contributed by atoms with Crippen molar-refractivity contribution in [3.8, 4) is 0 Å². The molecule has 1 heterocycles. The van der Waals surface area contributed by atoms with Crippen molar-refractivity contribution < 1.29 is 4.39 Å². The Bertz CT molecular complexity index is 514. The fraction of sp³-hybridized carbons (Fsp3) is 0.0833. The van der Waals surface area contributed by atoms with E-state index in [0.29, 0.717) is 5.15 Å². The first-order valence-corrected chi connectivity index (χ1v) is 5.18. The highest BCUT2D eigenvalue weighted by Gasteiger charge is 2.01. The molecule has 82 valence electrons. The maximum atomic E-state index is 13.1. The molecule has 0 aliphatic heterocycles. The molecule has 1 aromatic heterocycles. The molecule has 0 amide bonds. The molecule has 0 fully saturated rings. The molecule has 0 atom stereocenters. The Balaban J connectivity index is 2.30. The quantitative estimate of drug-likeness (QED) is 0.800. The topological polar surface area (TPSA) is 24.9 Å². The van der Waals surface area contributed by atoms with Gasteiger partial charge < -0.3 is 5.32 Å². The van der Waals surface area contributed by atoms with Gasteiger partial charge in [0.2, 0.25) is 0 Å². The van der Waals surface area contributed by atoms with E-state index in [1.807, 2.05) is 6.92 Å². The number of rotatable bonds is 2. The van der Waals surface area contributed by atoms with Crippen LogP contribution in [-0.4, -0.2) is 4.98 Å². The molecule has 1 aromatic carbocycles. The molecule has 16 heavy (non-hydrogen) atoms. The minimum Gasteiger partial charge on any atom is -0.355 e. The van der Waals surface area contributed by atoms with E-state index in [2.05, 4.69) is 10.3 Å². The van der Waals surface area contributed by atoms with Gasteiger partial charge in [-0.25, -0.2) is 9.37 Å². The Labute approximate surface area is 98.1 Å². The summed E-state index contributed by atoms with van der Waals surface area (Å²) in [6.45, 7) is 1.91. The minimum atomic E-state index is -0.270. The third-order valence-electron chi connectivity index (χ3n) is 2.21. The average molecular weight is 237 g/mol. The van der Waals surface area contributed by atoms with Crippen molar-refractivity contribution in [2.75, 3.05) is 5.32 Å². The molecule has 2 aromatic rings. The van der Waals surface area contributed by atoms with Gasteiger partial charge in [-0.2, -0.15) is 0 Å². The molecule has 0 aliphatic rings. The lowest BCUT2D eigenvalue weighted by molar-refractivity contribution is 0.628. The van der Waals surface area contributed by atoms with Gasteiger partial charge in [-0.15, -0.1) is 0 Å². The molecule has 1 N–H and O–H groups in total. The summed E-state index contributed by atoms with van der Waals surface area (Å²) in [4.78, 5) is 3.87. The standard InChI is InChI=1S/C12H10ClFN2/c1-8-2-3-9(14)6-11(8)16-10-4-5-15-12(13)7-10/h2-7H,1H3,(H,15,16). The van der Waals surface area contributed by atoms with E-state index >= 15 is 0 Å². The van der Waals surface area contributed by atoms with E-state index in [1.54, 1.807) is 24.4 Å². The Hall–Kier alpha value is -1.61. The van der Waals surface area contributed by atoms with Crippen molar-refractivity contribution in [1.82, 2.24) is 4.98 Å². The molecular formula is C12H10ClFN2. The van der Waals surface area contributed by atoms with Crippen LogP contribution in [0.3, 0.4) is 0 Å². The molecule has 0 saturated heterocycles. The van der Waals surface area contributed by atoms with Crippen LogP contribution in [0.1, 0.15) is 5.56 Å². The second-order valence-corrected chi connectivity index (χ2v) is 3.84. The van der Waals surface area contributed by atoms with Gasteiger partial charge in [0, 0.05) is 17.6 Å². The van der Waals surface area contributed by atoms with Crippen LogP contribution in [0.2, 0.25) is 5.15 Å². The maximum Gasteiger partial charge on any atom is 0.131 e. The van der Waals surface area contributed by atoms with Crippen molar-refractivity contribution in [3.63, 3.8) is 0 Å². The van der Waals surface area contributed by atoms with E-state index in [4.69, 9.17) is 11.6 Å². The third-order valence-corrected chi connectivity index (χ3v) is 2.41. The summed E-state index contributed by atoms with van der Waals surface area (Å²) in [5.74, 6) is -0.270. The van der Waals surface area contributed by atoms with Crippen molar-refractivity contribution in [3.05, 3.63) is 53.1 Å². The van der Waals surface area contributed by atoms with Gasteiger partial charge in [0.05, 0.1) is 0 Å². The number of benzene rings is 1. The fourth-order valence-corrected chi connectivity index (χ4v) is 1.54. The Morgan fingerprint density at radius 1 is 1.25 bits per heavy atom. The number of aryl methyl sites for hydroxylation is 1. The third kappa shape index (κ3) is 2.49. The number of hydrogen-bond donors (Lipinski definition) is 1. The van der Waals surface area contributed by atoms with E-state index in [9.17, 15) is 4.39 Å². The minimum absolute atomic E-state index is 0.270. The van der Waals surface area contributed by atoms with Crippen molar-refractivity contribution in [2.24, 2.45) is 0 Å². The van der Waals surface area contributed by atoms with Gasteiger partial charge in [-0.3, -0.25) is 0 Å². The lowest BCUT2D eigenvalue weighted by atomic mass is 10.2. The summed E-state index contributed by atoms with van der Waals surface area (Å²) < 4.78 is 13.1. The predicted molar refractivity (Wildman–Crippen MR) is 63.7 cm³/mol. The summed E-state index contributed by atoms with van der Waals surface area (Å²) in [6, 6.07) is 8.06. The Morgan fingerprint density at radius 3 is 2.81 bits per heavy atom. The van der Waals surface area contributed by atoms with Crippen molar-refractivity contribution in [2.45, 2.75) is 6.92 Å². The van der Waals surface area contributed by atoms with Gasteiger partial charge in [-0.1, -0.05) is 17.7 Å². The summed E-state index contributed by atoms with van der Waals surface area (Å²) in [6.07, 6.45) is 1.60. The number of aromatic nitrogens is 1. The summed E-state index contributed by atoms with van der Waals surface area (Å²) in [5, 5.41) is 3.49. The first kappa shape index (κ1) is 10.9. The van der Waals surface area contributed by atoms with Crippen LogP contribution >= 0.6 is 11.6 Å². The molecule has 2 rings (SSSR count). The van der Waals surface area contributed by atoms with E-state index in [1.165, 1.54) is 12.1 Å². The van der Waals surface area contributed by atoms with Gasteiger partial charge in [-0.05, 0) is 36.8 Å². The van der Waals surface area contributed by atoms with E-state index in [0.717, 1.165) is 16.9 Å². The van der Waals surface area contributed by atoms with Crippen molar-refractivity contribution in [1.29, 1.82) is 0 Å². The first-order chi connectivity index (χ1) is 7.65. The van der Waals surface area contributed by atoms with E-state index in [-0.39, 0.29) is 5.82 Å². The second-order valence-electron chi connectivity index (χ2n) is 3.45. The van der Waals surface area contributed by atoms with Gasteiger partial charge >= 0.3 is 0 Å². The highest BCUT2D eigenvalue weighted by atomic mass is 35.5. The zero-order valence-corrected chi connectivity index (χ0v) is 9.42. The van der Waals surface area contributed by atoms with Gasteiger partial charge in [0.1, 0.15) is 11.0 Å². The molecule has 0 unspecified atom stereocenters. The zero-order chi connectivity index (χ0) is 11.5. The fourth-order valence-electron chi connectivity index (χ4n) is 1.36. The van der Waals surface area contributed by atoms with Gasteiger partial charge in [0.25, 0.3) is 0 Å². The molecule has 2 nitrogen and oxygen atoms in total. The lowest BCUT2D eigenvalue weighted by Crippen LogP contribution is -1.94. The van der Waals surface area contributed by atoms with Crippen LogP contribution in [0.15, 0.2) is 36.5 Å².